The predicted molar refractivity (Wildman–Crippen MR) is 66.7 cm³/mol. The maximum absolute atomic E-state index is 12.4. The summed E-state index contributed by atoms with van der Waals surface area (Å²) >= 11 is 0. The average molecular weight is 255 g/mol. The van der Waals surface area contributed by atoms with E-state index in [1.165, 1.54) is 0 Å². The Morgan fingerprint density at radius 2 is 2.06 bits per heavy atom. The second kappa shape index (κ2) is 4.91. The SMILES string of the molecule is CCOP1(=O)OC(c2ccccc2)C(C)N1C. The van der Waals surface area contributed by atoms with Crippen molar-refractivity contribution in [1.29, 1.82) is 0 Å². The Morgan fingerprint density at radius 3 is 2.65 bits per heavy atom. The molecule has 3 unspecified atom stereocenters. The fraction of sp³-hybridized carbons (Fsp3) is 0.500. The molecule has 0 aromatic heterocycles. The molecule has 0 amide bonds. The maximum atomic E-state index is 12.4. The summed E-state index contributed by atoms with van der Waals surface area (Å²) in [5.41, 5.74) is 1.03. The van der Waals surface area contributed by atoms with Crippen molar-refractivity contribution < 1.29 is 13.6 Å². The molecular formula is C12H18NO3P. The summed E-state index contributed by atoms with van der Waals surface area (Å²) in [6.07, 6.45) is -0.196. The molecule has 1 aromatic rings. The van der Waals surface area contributed by atoms with E-state index < -0.39 is 7.75 Å². The van der Waals surface area contributed by atoms with Crippen molar-refractivity contribution in [2.75, 3.05) is 13.7 Å². The average Bonchev–Trinajstić information content (AvgIpc) is 2.56. The van der Waals surface area contributed by atoms with E-state index in [2.05, 4.69) is 0 Å². The largest absolute Gasteiger partial charge is 0.408 e. The van der Waals surface area contributed by atoms with Gasteiger partial charge in [-0.15, -0.1) is 0 Å². The van der Waals surface area contributed by atoms with E-state index in [0.717, 1.165) is 5.56 Å². The summed E-state index contributed by atoms with van der Waals surface area (Å²) < 4.78 is 25.1. The van der Waals surface area contributed by atoms with Crippen molar-refractivity contribution in [3.63, 3.8) is 0 Å². The third kappa shape index (κ3) is 2.31. The lowest BCUT2D eigenvalue weighted by Crippen LogP contribution is -2.23. The number of hydrogen-bond donors (Lipinski definition) is 0. The second-order valence-electron chi connectivity index (χ2n) is 4.14. The van der Waals surface area contributed by atoms with Gasteiger partial charge in [-0.3, -0.25) is 9.05 Å². The zero-order chi connectivity index (χ0) is 12.5. The van der Waals surface area contributed by atoms with Gasteiger partial charge in [-0.2, -0.15) is 0 Å². The molecule has 0 saturated carbocycles. The van der Waals surface area contributed by atoms with Crippen molar-refractivity contribution in [2.45, 2.75) is 26.0 Å². The van der Waals surface area contributed by atoms with E-state index >= 15 is 0 Å². The van der Waals surface area contributed by atoms with Crippen LogP contribution in [0.5, 0.6) is 0 Å². The highest BCUT2D eigenvalue weighted by atomic mass is 31.2. The molecule has 0 N–H and O–H groups in total. The Labute approximate surface area is 102 Å². The van der Waals surface area contributed by atoms with Crippen LogP contribution in [0.25, 0.3) is 0 Å². The van der Waals surface area contributed by atoms with Gasteiger partial charge in [-0.25, -0.2) is 9.24 Å². The summed E-state index contributed by atoms with van der Waals surface area (Å²) in [5.74, 6) is 0. The zero-order valence-corrected chi connectivity index (χ0v) is 11.3. The van der Waals surface area contributed by atoms with Crippen LogP contribution in [-0.4, -0.2) is 24.4 Å². The molecule has 1 fully saturated rings. The molecule has 1 saturated heterocycles. The van der Waals surface area contributed by atoms with Gasteiger partial charge in [-0.1, -0.05) is 30.3 Å². The van der Waals surface area contributed by atoms with Gasteiger partial charge in [-0.05, 0) is 26.5 Å². The summed E-state index contributed by atoms with van der Waals surface area (Å²) in [6, 6.07) is 9.86. The molecule has 1 heterocycles. The minimum Gasteiger partial charge on any atom is -0.297 e. The number of hydrogen-bond acceptors (Lipinski definition) is 3. The third-order valence-electron chi connectivity index (χ3n) is 3.08. The summed E-state index contributed by atoms with van der Waals surface area (Å²) in [6.45, 7) is 4.20. The van der Waals surface area contributed by atoms with Gasteiger partial charge in [0.25, 0.3) is 0 Å². The second-order valence-corrected chi connectivity index (χ2v) is 6.17. The van der Waals surface area contributed by atoms with Crippen LogP contribution in [0.15, 0.2) is 30.3 Å². The van der Waals surface area contributed by atoms with Crippen molar-refractivity contribution in [2.24, 2.45) is 0 Å². The molecule has 1 aliphatic heterocycles. The number of benzene rings is 1. The van der Waals surface area contributed by atoms with Gasteiger partial charge in [0.05, 0.1) is 6.61 Å². The molecule has 94 valence electrons. The highest BCUT2D eigenvalue weighted by molar-refractivity contribution is 7.51. The standard InChI is InChI=1S/C12H18NO3P/c1-4-15-17(14)13(3)10(2)12(16-17)11-8-6-5-7-9-11/h5-10,12H,4H2,1-3H3. The summed E-state index contributed by atoms with van der Waals surface area (Å²) in [4.78, 5) is 0. The fourth-order valence-corrected chi connectivity index (χ4v) is 3.86. The number of likely N-dealkylation sites (N-methyl/N-ethyl adjacent to an activating group) is 1. The Kier molecular flexibility index (Phi) is 3.69. The highest BCUT2D eigenvalue weighted by Crippen LogP contribution is 2.62. The molecule has 5 heteroatoms. The van der Waals surface area contributed by atoms with Gasteiger partial charge >= 0.3 is 7.75 Å². The van der Waals surface area contributed by atoms with Crippen molar-refractivity contribution >= 4 is 7.75 Å². The molecule has 0 radical (unpaired) electrons. The molecule has 1 aromatic carbocycles. The van der Waals surface area contributed by atoms with Gasteiger partial charge in [0.1, 0.15) is 6.10 Å². The fourth-order valence-electron chi connectivity index (χ4n) is 1.99. The quantitative estimate of drug-likeness (QED) is 0.777. The smallest absolute Gasteiger partial charge is 0.297 e. The number of nitrogens with zero attached hydrogens (tertiary/aromatic N) is 1. The lowest BCUT2D eigenvalue weighted by molar-refractivity contribution is 0.175. The van der Waals surface area contributed by atoms with Gasteiger partial charge in [0, 0.05) is 6.04 Å². The van der Waals surface area contributed by atoms with E-state index in [1.54, 1.807) is 11.7 Å². The topological polar surface area (TPSA) is 38.8 Å². The van der Waals surface area contributed by atoms with Crippen molar-refractivity contribution in [3.8, 4) is 0 Å². The van der Waals surface area contributed by atoms with Crippen LogP contribution in [0, 0.1) is 0 Å². The monoisotopic (exact) mass is 255 g/mol. The molecule has 0 bridgehead atoms. The first-order chi connectivity index (χ1) is 8.08. The Bertz CT molecular complexity index is 423. The maximum Gasteiger partial charge on any atom is 0.408 e. The molecule has 17 heavy (non-hydrogen) atoms. The number of rotatable bonds is 3. The molecule has 2 rings (SSSR count). The minimum absolute atomic E-state index is 0.0368. The lowest BCUT2D eigenvalue weighted by atomic mass is 10.0. The van der Waals surface area contributed by atoms with Crippen LogP contribution in [-0.2, 0) is 13.6 Å². The van der Waals surface area contributed by atoms with Gasteiger partial charge in [0.15, 0.2) is 0 Å². The summed E-state index contributed by atoms with van der Waals surface area (Å²) in [5, 5.41) is 0. The van der Waals surface area contributed by atoms with Crippen LogP contribution in [0.3, 0.4) is 0 Å². The molecule has 1 aliphatic rings. The van der Waals surface area contributed by atoms with Crippen LogP contribution in [0.1, 0.15) is 25.5 Å². The van der Waals surface area contributed by atoms with E-state index in [1.807, 2.05) is 44.2 Å². The first-order valence-corrected chi connectivity index (χ1v) is 7.29. The lowest BCUT2D eigenvalue weighted by Gasteiger charge is -2.19. The van der Waals surface area contributed by atoms with Gasteiger partial charge in [0.2, 0.25) is 0 Å². The zero-order valence-electron chi connectivity index (χ0n) is 10.4. The van der Waals surface area contributed by atoms with E-state index in [9.17, 15) is 4.57 Å². The molecule has 0 spiro atoms. The molecule has 3 atom stereocenters. The Morgan fingerprint density at radius 1 is 1.41 bits per heavy atom. The van der Waals surface area contributed by atoms with Crippen LogP contribution in [0.4, 0.5) is 0 Å². The normalized spacial score (nSPS) is 34.1. The van der Waals surface area contributed by atoms with E-state index in [0.29, 0.717) is 6.61 Å². The van der Waals surface area contributed by atoms with Gasteiger partial charge < -0.3 is 0 Å². The Hall–Kier alpha value is -0.670. The highest BCUT2D eigenvalue weighted by Gasteiger charge is 2.47. The minimum atomic E-state index is -3.11. The Balaban J connectivity index is 2.26. The van der Waals surface area contributed by atoms with Crippen molar-refractivity contribution in [3.05, 3.63) is 35.9 Å². The van der Waals surface area contributed by atoms with Crippen LogP contribution in [0.2, 0.25) is 0 Å². The van der Waals surface area contributed by atoms with Crippen LogP contribution < -0.4 is 0 Å². The molecule has 0 aliphatic carbocycles. The van der Waals surface area contributed by atoms with E-state index in [-0.39, 0.29) is 12.1 Å². The third-order valence-corrected chi connectivity index (χ3v) is 5.30. The first-order valence-electron chi connectivity index (χ1n) is 5.79. The molecular weight excluding hydrogens is 237 g/mol. The van der Waals surface area contributed by atoms with E-state index in [4.69, 9.17) is 9.05 Å². The molecule has 4 nitrogen and oxygen atoms in total. The predicted octanol–water partition coefficient (Wildman–Crippen LogP) is 3.22. The van der Waals surface area contributed by atoms with Crippen LogP contribution >= 0.6 is 7.75 Å². The first kappa shape index (κ1) is 12.8. The van der Waals surface area contributed by atoms with Crippen molar-refractivity contribution in [1.82, 2.24) is 4.67 Å². The summed E-state index contributed by atoms with van der Waals surface area (Å²) in [7, 11) is -1.32.